The van der Waals surface area contributed by atoms with Gasteiger partial charge in [-0.2, -0.15) is 0 Å². The lowest BCUT2D eigenvalue weighted by atomic mass is 9.86. The van der Waals surface area contributed by atoms with E-state index in [-0.39, 0.29) is 24.0 Å². The van der Waals surface area contributed by atoms with Gasteiger partial charge in [-0.05, 0) is 25.8 Å². The Morgan fingerprint density at radius 2 is 2.30 bits per heavy atom. The average Bonchev–Trinajstić information content (AvgIpc) is 3.09. The SMILES string of the molecule is COc1cccc2c(C)c(C(=O)NC3CCCC3(C)CO)oc12. The molecule has 3 rings (SSSR count). The first kappa shape index (κ1) is 15.9. The van der Waals surface area contributed by atoms with Crippen molar-refractivity contribution in [2.24, 2.45) is 5.41 Å². The van der Waals surface area contributed by atoms with Crippen LogP contribution in [-0.4, -0.2) is 30.8 Å². The van der Waals surface area contributed by atoms with Gasteiger partial charge in [0.05, 0.1) is 13.7 Å². The maximum absolute atomic E-state index is 12.7. The van der Waals surface area contributed by atoms with Crippen molar-refractivity contribution in [1.29, 1.82) is 0 Å². The highest BCUT2D eigenvalue weighted by molar-refractivity contribution is 6.00. The molecule has 2 aromatic rings. The van der Waals surface area contributed by atoms with E-state index in [0.717, 1.165) is 30.2 Å². The van der Waals surface area contributed by atoms with Gasteiger partial charge < -0.3 is 19.6 Å². The molecule has 0 radical (unpaired) electrons. The predicted octanol–water partition coefficient (Wildman–Crippen LogP) is 3.03. The first-order valence-electron chi connectivity index (χ1n) is 7.98. The minimum Gasteiger partial charge on any atom is -0.493 e. The molecule has 124 valence electrons. The van der Waals surface area contributed by atoms with E-state index in [1.54, 1.807) is 7.11 Å². The fourth-order valence-corrected chi connectivity index (χ4v) is 3.49. The van der Waals surface area contributed by atoms with Crippen LogP contribution in [0.1, 0.15) is 42.3 Å². The average molecular weight is 317 g/mol. The third-order valence-electron chi connectivity index (χ3n) is 5.10. The van der Waals surface area contributed by atoms with E-state index in [9.17, 15) is 9.90 Å². The molecule has 2 unspecified atom stereocenters. The number of fused-ring (bicyclic) bond motifs is 1. The number of carbonyl (C=O) groups excluding carboxylic acids is 1. The summed E-state index contributed by atoms with van der Waals surface area (Å²) in [6.07, 6.45) is 2.81. The van der Waals surface area contributed by atoms with Crippen LogP contribution in [0.2, 0.25) is 0 Å². The summed E-state index contributed by atoms with van der Waals surface area (Å²) < 4.78 is 11.1. The summed E-state index contributed by atoms with van der Waals surface area (Å²) in [6, 6.07) is 5.58. The van der Waals surface area contributed by atoms with E-state index < -0.39 is 0 Å². The van der Waals surface area contributed by atoms with Crippen LogP contribution >= 0.6 is 0 Å². The fourth-order valence-electron chi connectivity index (χ4n) is 3.49. The van der Waals surface area contributed by atoms with Crippen molar-refractivity contribution in [1.82, 2.24) is 5.32 Å². The normalized spacial score (nSPS) is 24.1. The topological polar surface area (TPSA) is 71.7 Å². The Balaban J connectivity index is 1.91. The molecule has 0 aliphatic heterocycles. The van der Waals surface area contributed by atoms with Crippen LogP contribution in [0.3, 0.4) is 0 Å². The zero-order valence-electron chi connectivity index (χ0n) is 13.8. The Kier molecular flexibility index (Phi) is 4.06. The van der Waals surface area contributed by atoms with E-state index in [1.807, 2.05) is 32.0 Å². The highest BCUT2D eigenvalue weighted by Gasteiger charge is 2.39. The molecule has 1 fully saturated rings. The van der Waals surface area contributed by atoms with E-state index in [1.165, 1.54) is 0 Å². The minimum absolute atomic E-state index is 0.0329. The largest absolute Gasteiger partial charge is 0.493 e. The molecular weight excluding hydrogens is 294 g/mol. The number of nitrogens with one attached hydrogen (secondary N) is 1. The molecule has 2 N–H and O–H groups in total. The Morgan fingerprint density at radius 1 is 1.52 bits per heavy atom. The maximum atomic E-state index is 12.7. The summed E-state index contributed by atoms with van der Waals surface area (Å²) in [5, 5.41) is 13.5. The molecule has 0 spiro atoms. The van der Waals surface area contributed by atoms with Gasteiger partial charge in [-0.3, -0.25) is 4.79 Å². The number of aliphatic hydroxyl groups excluding tert-OH is 1. The molecular formula is C18H23NO4. The van der Waals surface area contributed by atoms with Crippen LogP contribution in [0, 0.1) is 12.3 Å². The van der Waals surface area contributed by atoms with Crippen LogP contribution in [0.25, 0.3) is 11.0 Å². The molecule has 1 saturated carbocycles. The number of aliphatic hydroxyl groups is 1. The van der Waals surface area contributed by atoms with Crippen molar-refractivity contribution in [3.05, 3.63) is 29.5 Å². The number of para-hydroxylation sites is 1. The molecule has 23 heavy (non-hydrogen) atoms. The molecule has 5 nitrogen and oxygen atoms in total. The number of ether oxygens (including phenoxy) is 1. The molecule has 0 bridgehead atoms. The number of hydrogen-bond acceptors (Lipinski definition) is 4. The lowest BCUT2D eigenvalue weighted by Gasteiger charge is -2.29. The van der Waals surface area contributed by atoms with Gasteiger partial charge in [0.15, 0.2) is 17.1 Å². The van der Waals surface area contributed by atoms with Crippen LogP contribution in [0.5, 0.6) is 5.75 Å². The third kappa shape index (κ3) is 2.59. The van der Waals surface area contributed by atoms with Crippen LogP contribution in [0.4, 0.5) is 0 Å². The van der Waals surface area contributed by atoms with Gasteiger partial charge in [0.25, 0.3) is 5.91 Å². The zero-order chi connectivity index (χ0) is 16.6. The van der Waals surface area contributed by atoms with Crippen LogP contribution in [0.15, 0.2) is 22.6 Å². The predicted molar refractivity (Wildman–Crippen MR) is 87.8 cm³/mol. The number of furan rings is 1. The fraction of sp³-hybridized carbons (Fsp3) is 0.500. The van der Waals surface area contributed by atoms with Gasteiger partial charge in [-0.15, -0.1) is 0 Å². The van der Waals surface area contributed by atoms with Gasteiger partial charge in [-0.25, -0.2) is 0 Å². The highest BCUT2D eigenvalue weighted by atomic mass is 16.5. The van der Waals surface area contributed by atoms with Crippen LogP contribution < -0.4 is 10.1 Å². The minimum atomic E-state index is -0.257. The number of carbonyl (C=O) groups is 1. The molecule has 1 aliphatic carbocycles. The van der Waals surface area contributed by atoms with Crippen molar-refractivity contribution in [3.8, 4) is 5.75 Å². The van der Waals surface area contributed by atoms with Crippen molar-refractivity contribution in [3.63, 3.8) is 0 Å². The maximum Gasteiger partial charge on any atom is 0.287 e. The number of hydrogen-bond donors (Lipinski definition) is 2. The lowest BCUT2D eigenvalue weighted by molar-refractivity contribution is 0.0806. The van der Waals surface area contributed by atoms with Crippen molar-refractivity contribution >= 4 is 16.9 Å². The van der Waals surface area contributed by atoms with Crippen molar-refractivity contribution in [2.75, 3.05) is 13.7 Å². The Hall–Kier alpha value is -2.01. The summed E-state index contributed by atoms with van der Waals surface area (Å²) in [6.45, 7) is 3.96. The molecule has 1 aromatic heterocycles. The number of benzene rings is 1. The molecule has 2 atom stereocenters. The second-order valence-electron chi connectivity index (χ2n) is 6.62. The Bertz CT molecular complexity index is 736. The molecule has 1 aromatic carbocycles. The quantitative estimate of drug-likeness (QED) is 0.909. The van der Waals surface area contributed by atoms with Gasteiger partial charge in [0, 0.05) is 22.4 Å². The smallest absolute Gasteiger partial charge is 0.287 e. The second-order valence-corrected chi connectivity index (χ2v) is 6.62. The molecule has 5 heteroatoms. The number of aryl methyl sites for hydroxylation is 1. The van der Waals surface area contributed by atoms with Gasteiger partial charge in [0.1, 0.15) is 0 Å². The lowest BCUT2D eigenvalue weighted by Crippen LogP contribution is -2.44. The van der Waals surface area contributed by atoms with Gasteiger partial charge in [-0.1, -0.05) is 25.5 Å². The first-order chi connectivity index (χ1) is 11.0. The van der Waals surface area contributed by atoms with E-state index >= 15 is 0 Å². The molecule has 1 aliphatic rings. The highest BCUT2D eigenvalue weighted by Crippen LogP contribution is 2.38. The van der Waals surface area contributed by atoms with Gasteiger partial charge in [0.2, 0.25) is 0 Å². The summed E-state index contributed by atoms with van der Waals surface area (Å²) in [7, 11) is 1.58. The van der Waals surface area contributed by atoms with Crippen molar-refractivity contribution in [2.45, 2.75) is 39.2 Å². The van der Waals surface area contributed by atoms with Crippen molar-refractivity contribution < 1.29 is 19.1 Å². The molecule has 1 heterocycles. The van der Waals surface area contributed by atoms with Gasteiger partial charge >= 0.3 is 0 Å². The van der Waals surface area contributed by atoms with E-state index in [4.69, 9.17) is 9.15 Å². The number of amides is 1. The molecule has 0 saturated heterocycles. The standard InChI is InChI=1S/C18H23NO4/c1-11-12-6-4-7-13(22-3)16(12)23-15(11)17(21)19-14-8-5-9-18(14,2)10-20/h4,6-7,14,20H,5,8-10H2,1-3H3,(H,19,21). The third-order valence-corrected chi connectivity index (χ3v) is 5.10. The van der Waals surface area contributed by atoms with Crippen LogP contribution in [-0.2, 0) is 0 Å². The zero-order valence-corrected chi connectivity index (χ0v) is 13.8. The summed E-state index contributed by atoms with van der Waals surface area (Å²) in [5.74, 6) is 0.703. The summed E-state index contributed by atoms with van der Waals surface area (Å²) in [4.78, 5) is 12.7. The molecule has 1 amide bonds. The number of methoxy groups -OCH3 is 1. The monoisotopic (exact) mass is 317 g/mol. The Labute approximate surface area is 135 Å². The number of rotatable bonds is 4. The summed E-state index contributed by atoms with van der Waals surface area (Å²) in [5.41, 5.74) is 1.14. The summed E-state index contributed by atoms with van der Waals surface area (Å²) >= 11 is 0. The van der Waals surface area contributed by atoms with E-state index in [0.29, 0.717) is 17.1 Å². The van der Waals surface area contributed by atoms with E-state index in [2.05, 4.69) is 5.32 Å². The first-order valence-corrected chi connectivity index (χ1v) is 7.98. The second kappa shape index (κ2) is 5.89. The Morgan fingerprint density at radius 3 is 3.00 bits per heavy atom.